The minimum Gasteiger partial charge on any atom is -0.389 e. The van der Waals surface area contributed by atoms with Crippen molar-refractivity contribution in [2.75, 3.05) is 19.6 Å². The molecule has 74 valence electrons. The Hall–Kier alpha value is -0.680. The molecule has 0 unspecified atom stereocenters. The van der Waals surface area contributed by atoms with E-state index >= 15 is 0 Å². The van der Waals surface area contributed by atoms with Crippen LogP contribution >= 0.6 is 0 Å². The Morgan fingerprint density at radius 3 is 2.69 bits per heavy atom. The lowest BCUT2D eigenvalue weighted by Gasteiger charge is -2.37. The molecule has 2 saturated heterocycles. The molecule has 2 rings (SSSR count). The van der Waals surface area contributed by atoms with Crippen LogP contribution in [0.5, 0.6) is 0 Å². The largest absolute Gasteiger partial charge is 0.389 e. The van der Waals surface area contributed by atoms with E-state index in [0.29, 0.717) is 13.1 Å². The van der Waals surface area contributed by atoms with Gasteiger partial charge in [0.25, 0.3) is 0 Å². The second kappa shape index (κ2) is 3.23. The smallest absolute Gasteiger partial charge is 0.240 e. The Kier molecular flexibility index (Phi) is 2.21. The zero-order valence-electron chi connectivity index (χ0n) is 7.24. The molecule has 2 atom stereocenters. The number of halogens is 1. The van der Waals surface area contributed by atoms with Crippen molar-refractivity contribution in [3.63, 3.8) is 0 Å². The van der Waals surface area contributed by atoms with Crippen LogP contribution in [-0.2, 0) is 4.79 Å². The average Bonchev–Trinajstić information content (AvgIpc) is 2.45. The van der Waals surface area contributed by atoms with E-state index in [1.807, 2.05) is 0 Å². The number of hydrogen-bond donors (Lipinski definition) is 2. The maximum Gasteiger partial charge on any atom is 0.240 e. The number of aliphatic hydroxyl groups is 1. The topological polar surface area (TPSA) is 52.6 Å². The first-order chi connectivity index (χ1) is 6.16. The van der Waals surface area contributed by atoms with Crippen molar-refractivity contribution in [1.82, 2.24) is 10.2 Å². The quantitative estimate of drug-likeness (QED) is 0.548. The highest BCUT2D eigenvalue weighted by Gasteiger charge is 2.36. The minimum atomic E-state index is -0.903. The van der Waals surface area contributed by atoms with E-state index in [2.05, 4.69) is 5.32 Å². The molecule has 2 aliphatic rings. The second-order valence-electron chi connectivity index (χ2n) is 3.69. The van der Waals surface area contributed by atoms with Gasteiger partial charge in [0.15, 0.2) is 0 Å². The number of aliphatic hydroxyl groups excluding tert-OH is 1. The first-order valence-corrected chi connectivity index (χ1v) is 4.51. The summed E-state index contributed by atoms with van der Waals surface area (Å²) in [7, 11) is 0. The molecule has 0 radical (unpaired) electrons. The molecule has 13 heavy (non-hydrogen) atoms. The van der Waals surface area contributed by atoms with Crippen molar-refractivity contribution in [3.05, 3.63) is 0 Å². The normalized spacial score (nSPS) is 34.8. The molecule has 2 heterocycles. The fourth-order valence-corrected chi connectivity index (χ4v) is 1.74. The van der Waals surface area contributed by atoms with Crippen molar-refractivity contribution in [3.8, 4) is 0 Å². The molecule has 5 heteroatoms. The molecule has 2 aliphatic heterocycles. The van der Waals surface area contributed by atoms with Crippen LogP contribution in [0.3, 0.4) is 0 Å². The summed E-state index contributed by atoms with van der Waals surface area (Å²) in [5, 5.41) is 11.8. The van der Waals surface area contributed by atoms with Gasteiger partial charge in [-0.05, 0) is 0 Å². The van der Waals surface area contributed by atoms with E-state index in [0.717, 1.165) is 0 Å². The number of alkyl halides is 1. The van der Waals surface area contributed by atoms with Gasteiger partial charge >= 0.3 is 0 Å². The van der Waals surface area contributed by atoms with E-state index in [-0.39, 0.29) is 31.0 Å². The van der Waals surface area contributed by atoms with Crippen molar-refractivity contribution in [2.24, 2.45) is 0 Å². The van der Waals surface area contributed by atoms with Gasteiger partial charge in [-0.15, -0.1) is 0 Å². The Bertz CT molecular complexity index is 218. The maximum atomic E-state index is 12.7. The molecule has 0 aromatic rings. The summed E-state index contributed by atoms with van der Waals surface area (Å²) < 4.78 is 12.7. The Balaban J connectivity index is 1.84. The van der Waals surface area contributed by atoms with Crippen LogP contribution in [0.25, 0.3) is 0 Å². The number of carbonyl (C=O) groups excluding carboxylic acids is 1. The summed E-state index contributed by atoms with van der Waals surface area (Å²) in [6, 6.07) is -0.373. The number of β-amino-alcohol motifs (C(OH)–C–C–N with tert-alkyl or cyclic N) is 1. The molecule has 0 spiro atoms. The minimum absolute atomic E-state index is 0.0783. The van der Waals surface area contributed by atoms with Crippen LogP contribution in [0, 0.1) is 0 Å². The fraction of sp³-hybridized carbons (Fsp3) is 0.875. The van der Waals surface area contributed by atoms with Gasteiger partial charge in [-0.1, -0.05) is 0 Å². The van der Waals surface area contributed by atoms with Crippen LogP contribution in [-0.4, -0.2) is 53.9 Å². The number of nitrogens with zero attached hydrogens (tertiary/aromatic N) is 1. The zero-order chi connectivity index (χ0) is 9.42. The van der Waals surface area contributed by atoms with Crippen LogP contribution in [0.4, 0.5) is 4.39 Å². The third-order valence-corrected chi connectivity index (χ3v) is 2.55. The summed E-state index contributed by atoms with van der Waals surface area (Å²) in [6.45, 7) is 1.06. The van der Waals surface area contributed by atoms with Crippen LogP contribution in [0.1, 0.15) is 6.42 Å². The molecule has 2 N–H and O–H groups in total. The fourth-order valence-electron chi connectivity index (χ4n) is 1.74. The number of nitrogens with one attached hydrogen (secondary N) is 1. The van der Waals surface area contributed by atoms with Crippen LogP contribution in [0.2, 0.25) is 0 Å². The zero-order valence-corrected chi connectivity index (χ0v) is 7.24. The molecule has 0 aliphatic carbocycles. The monoisotopic (exact) mass is 188 g/mol. The van der Waals surface area contributed by atoms with Crippen LogP contribution < -0.4 is 5.32 Å². The van der Waals surface area contributed by atoms with Gasteiger partial charge in [-0.2, -0.15) is 0 Å². The molecule has 0 saturated carbocycles. The molecule has 1 amide bonds. The van der Waals surface area contributed by atoms with E-state index < -0.39 is 6.17 Å². The first-order valence-electron chi connectivity index (χ1n) is 4.51. The predicted molar refractivity (Wildman–Crippen MR) is 43.9 cm³/mol. The number of amides is 1. The molecule has 0 bridgehead atoms. The van der Waals surface area contributed by atoms with E-state index in [1.165, 1.54) is 0 Å². The van der Waals surface area contributed by atoms with Gasteiger partial charge in [0.05, 0.1) is 12.1 Å². The number of carbonyl (C=O) groups is 1. The highest BCUT2D eigenvalue weighted by Crippen LogP contribution is 2.16. The molecule has 2 fully saturated rings. The van der Waals surface area contributed by atoms with Gasteiger partial charge in [0.1, 0.15) is 6.17 Å². The van der Waals surface area contributed by atoms with Gasteiger partial charge in [-0.25, -0.2) is 4.39 Å². The van der Waals surface area contributed by atoms with E-state index in [4.69, 9.17) is 5.11 Å². The lowest BCUT2D eigenvalue weighted by atomic mass is 10.1. The van der Waals surface area contributed by atoms with Crippen molar-refractivity contribution >= 4 is 5.91 Å². The Morgan fingerprint density at radius 2 is 2.23 bits per heavy atom. The van der Waals surface area contributed by atoms with Crippen molar-refractivity contribution in [2.45, 2.75) is 24.7 Å². The predicted octanol–water partition coefficient (Wildman–Crippen LogP) is -1.11. The summed E-state index contributed by atoms with van der Waals surface area (Å²) in [5.41, 5.74) is 0. The first kappa shape index (κ1) is 8.90. The Labute approximate surface area is 75.7 Å². The number of hydrogen-bond acceptors (Lipinski definition) is 3. The lowest BCUT2D eigenvalue weighted by Crippen LogP contribution is -2.57. The van der Waals surface area contributed by atoms with Gasteiger partial charge in [-0.3, -0.25) is 4.79 Å². The molecule has 4 nitrogen and oxygen atoms in total. The SMILES string of the molecule is O=C([C@H]1C[C@H](F)CN1)N1CC(O)C1. The summed E-state index contributed by atoms with van der Waals surface area (Å²) in [5.74, 6) is -0.0783. The third kappa shape index (κ3) is 1.66. The summed E-state index contributed by atoms with van der Waals surface area (Å²) in [4.78, 5) is 13.1. The number of likely N-dealkylation sites (tertiary alicyclic amines) is 1. The van der Waals surface area contributed by atoms with E-state index in [1.54, 1.807) is 4.90 Å². The van der Waals surface area contributed by atoms with Crippen molar-refractivity contribution in [1.29, 1.82) is 0 Å². The molecular weight excluding hydrogens is 175 g/mol. The lowest BCUT2D eigenvalue weighted by molar-refractivity contribution is -0.143. The van der Waals surface area contributed by atoms with Crippen molar-refractivity contribution < 1.29 is 14.3 Å². The summed E-state index contributed by atoms with van der Waals surface area (Å²) in [6.07, 6.45) is -1.02. The molecule has 0 aromatic carbocycles. The third-order valence-electron chi connectivity index (χ3n) is 2.55. The standard InChI is InChI=1S/C8H13FN2O2/c9-5-1-7(10-2-5)8(13)11-3-6(12)4-11/h5-7,10,12H,1-4H2/t5-,7+/m0/s1. The average molecular weight is 188 g/mol. The van der Waals surface area contributed by atoms with Gasteiger partial charge < -0.3 is 15.3 Å². The maximum absolute atomic E-state index is 12.7. The second-order valence-corrected chi connectivity index (χ2v) is 3.69. The molecule has 0 aromatic heterocycles. The summed E-state index contributed by atoms with van der Waals surface area (Å²) >= 11 is 0. The highest BCUT2D eigenvalue weighted by atomic mass is 19.1. The van der Waals surface area contributed by atoms with E-state index in [9.17, 15) is 9.18 Å². The molecular formula is C8H13FN2O2. The number of rotatable bonds is 1. The highest BCUT2D eigenvalue weighted by molar-refractivity contribution is 5.83. The van der Waals surface area contributed by atoms with Gasteiger partial charge in [0, 0.05) is 26.1 Å². The van der Waals surface area contributed by atoms with Gasteiger partial charge in [0.2, 0.25) is 5.91 Å². The van der Waals surface area contributed by atoms with Crippen LogP contribution in [0.15, 0.2) is 0 Å². The Morgan fingerprint density at radius 1 is 1.54 bits per heavy atom.